The Hall–Kier alpha value is -2.93. The lowest BCUT2D eigenvalue weighted by molar-refractivity contribution is 0.0329. The summed E-state index contributed by atoms with van der Waals surface area (Å²) >= 11 is 0. The molecule has 152 valence electrons. The van der Waals surface area contributed by atoms with E-state index in [0.717, 1.165) is 30.2 Å². The molecule has 2 heterocycles. The molecule has 1 aliphatic carbocycles. The number of nitrogens with two attached hydrogens (primary N) is 1. The van der Waals surface area contributed by atoms with E-state index in [2.05, 4.69) is 34.3 Å². The molecule has 0 bridgehead atoms. The van der Waals surface area contributed by atoms with E-state index in [9.17, 15) is 9.90 Å². The third kappa shape index (κ3) is 3.82. The number of aromatic nitrogens is 3. The van der Waals surface area contributed by atoms with E-state index in [1.54, 1.807) is 18.5 Å². The molecule has 7 nitrogen and oxygen atoms in total. The van der Waals surface area contributed by atoms with Crippen LogP contribution in [-0.4, -0.2) is 42.9 Å². The number of pyridine rings is 1. The number of aliphatic hydroxyl groups excluding tert-OH is 1. The van der Waals surface area contributed by atoms with Gasteiger partial charge in [0.2, 0.25) is 0 Å². The van der Waals surface area contributed by atoms with Crippen molar-refractivity contribution >= 4 is 16.9 Å². The van der Waals surface area contributed by atoms with Crippen LogP contribution in [0.25, 0.3) is 11.0 Å². The average Bonchev–Trinajstić information content (AvgIpc) is 3.09. The lowest BCUT2D eigenvalue weighted by Gasteiger charge is -2.40. The summed E-state index contributed by atoms with van der Waals surface area (Å²) in [5.41, 5.74) is 3.30. The van der Waals surface area contributed by atoms with Crippen LogP contribution in [0.2, 0.25) is 0 Å². The van der Waals surface area contributed by atoms with Gasteiger partial charge in [0.25, 0.3) is 5.91 Å². The van der Waals surface area contributed by atoms with Crippen LogP contribution < -0.4 is 5.84 Å². The van der Waals surface area contributed by atoms with Crippen molar-refractivity contribution in [2.45, 2.75) is 57.7 Å². The largest absolute Gasteiger partial charge is 0.393 e. The van der Waals surface area contributed by atoms with Crippen LogP contribution in [0.3, 0.4) is 0 Å². The number of hydrogen-bond donors (Lipinski definition) is 2. The normalized spacial score (nSPS) is 20.5. The van der Waals surface area contributed by atoms with E-state index in [1.165, 1.54) is 10.4 Å². The number of carbonyl (C=O) groups excluding carboxylic acids is 1. The second kappa shape index (κ2) is 7.83. The summed E-state index contributed by atoms with van der Waals surface area (Å²) in [6.45, 7) is 4.10. The quantitative estimate of drug-likeness (QED) is 0.664. The zero-order valence-electron chi connectivity index (χ0n) is 16.8. The first-order valence-corrected chi connectivity index (χ1v) is 10.1. The summed E-state index contributed by atoms with van der Waals surface area (Å²) in [7, 11) is 0. The highest BCUT2D eigenvalue weighted by Crippen LogP contribution is 2.32. The highest BCUT2D eigenvalue weighted by molar-refractivity contribution is 5.97. The van der Waals surface area contributed by atoms with Crippen molar-refractivity contribution in [2.24, 2.45) is 0 Å². The fourth-order valence-electron chi connectivity index (χ4n) is 4.26. The third-order valence-corrected chi connectivity index (χ3v) is 5.90. The number of nitrogen functional groups attached to an aromatic ring is 1. The molecule has 3 aromatic rings. The predicted molar refractivity (Wildman–Crippen MR) is 112 cm³/mol. The SMILES string of the molecule is Cc1ccc([C@@H](C)N(C(=O)c2cnc3c(cnn3N)c2)C2CCC[C@H](O)C2)cc1. The van der Waals surface area contributed by atoms with Crippen molar-refractivity contribution in [3.8, 4) is 0 Å². The summed E-state index contributed by atoms with van der Waals surface area (Å²) in [4.78, 5) is 21.1. The van der Waals surface area contributed by atoms with Gasteiger partial charge in [0.1, 0.15) is 0 Å². The van der Waals surface area contributed by atoms with Crippen LogP contribution in [0, 0.1) is 6.92 Å². The molecule has 0 spiro atoms. The fraction of sp³-hybridized carbons (Fsp3) is 0.409. The second-order valence-electron chi connectivity index (χ2n) is 8.00. The minimum absolute atomic E-state index is 0.0181. The maximum absolute atomic E-state index is 13.6. The highest BCUT2D eigenvalue weighted by atomic mass is 16.3. The van der Waals surface area contributed by atoms with Crippen molar-refractivity contribution in [2.75, 3.05) is 5.84 Å². The first-order chi connectivity index (χ1) is 13.9. The van der Waals surface area contributed by atoms with E-state index >= 15 is 0 Å². The van der Waals surface area contributed by atoms with Crippen molar-refractivity contribution in [3.63, 3.8) is 0 Å². The number of benzene rings is 1. The average molecular weight is 393 g/mol. The van der Waals surface area contributed by atoms with Gasteiger partial charge >= 0.3 is 0 Å². The Balaban J connectivity index is 1.71. The number of carbonyl (C=O) groups is 1. The molecule has 1 amide bonds. The number of amides is 1. The molecule has 1 aliphatic rings. The van der Waals surface area contributed by atoms with Crippen molar-refractivity contribution in [1.82, 2.24) is 19.8 Å². The Morgan fingerprint density at radius 1 is 1.28 bits per heavy atom. The molecule has 29 heavy (non-hydrogen) atoms. The van der Waals surface area contributed by atoms with Gasteiger partial charge in [-0.2, -0.15) is 9.89 Å². The van der Waals surface area contributed by atoms with Crippen LogP contribution in [0.4, 0.5) is 0 Å². The van der Waals surface area contributed by atoms with E-state index in [0.29, 0.717) is 17.6 Å². The highest BCUT2D eigenvalue weighted by Gasteiger charge is 2.33. The zero-order valence-corrected chi connectivity index (χ0v) is 16.8. The number of fused-ring (bicyclic) bond motifs is 1. The zero-order chi connectivity index (χ0) is 20.5. The molecule has 0 aliphatic heterocycles. The second-order valence-corrected chi connectivity index (χ2v) is 8.00. The van der Waals surface area contributed by atoms with Crippen molar-refractivity contribution < 1.29 is 9.90 Å². The Morgan fingerprint density at radius 2 is 2.03 bits per heavy atom. The predicted octanol–water partition coefficient (Wildman–Crippen LogP) is 2.96. The van der Waals surface area contributed by atoms with Gasteiger partial charge in [0.15, 0.2) is 5.65 Å². The number of aliphatic hydroxyl groups is 1. The van der Waals surface area contributed by atoms with Gasteiger partial charge in [-0.05, 0) is 51.2 Å². The molecule has 1 aromatic carbocycles. The standard InChI is InChI=1S/C22H27N5O2/c1-14-6-8-16(9-7-14)15(2)26(19-4-3-5-20(28)11-19)22(29)18-10-17-13-25-27(23)21(17)24-12-18/h6-10,12-13,15,19-20,28H,3-5,11,23H2,1-2H3/t15-,19?,20+/m1/s1. The third-order valence-electron chi connectivity index (χ3n) is 5.90. The molecular formula is C22H27N5O2. The minimum atomic E-state index is -0.370. The molecule has 4 rings (SSSR count). The van der Waals surface area contributed by atoms with Crippen LogP contribution in [0.15, 0.2) is 42.7 Å². The Morgan fingerprint density at radius 3 is 2.76 bits per heavy atom. The minimum Gasteiger partial charge on any atom is -0.393 e. The Bertz CT molecular complexity index is 1010. The van der Waals surface area contributed by atoms with Crippen LogP contribution in [-0.2, 0) is 0 Å². The summed E-state index contributed by atoms with van der Waals surface area (Å²) < 4.78 is 0. The van der Waals surface area contributed by atoms with Crippen LogP contribution in [0.5, 0.6) is 0 Å². The van der Waals surface area contributed by atoms with Gasteiger partial charge in [-0.15, -0.1) is 0 Å². The van der Waals surface area contributed by atoms with Crippen LogP contribution in [0.1, 0.15) is 60.1 Å². The molecule has 3 atom stereocenters. The van der Waals surface area contributed by atoms with E-state index < -0.39 is 0 Å². The first-order valence-electron chi connectivity index (χ1n) is 10.1. The van der Waals surface area contributed by atoms with Crippen molar-refractivity contribution in [3.05, 3.63) is 59.4 Å². The molecule has 1 unspecified atom stereocenters. The summed E-state index contributed by atoms with van der Waals surface area (Å²) in [5.74, 6) is 5.66. The molecule has 1 fully saturated rings. The molecule has 3 N–H and O–H groups in total. The smallest absolute Gasteiger partial charge is 0.256 e. The molecule has 2 aromatic heterocycles. The van der Waals surface area contributed by atoms with Gasteiger partial charge in [-0.3, -0.25) is 4.79 Å². The molecule has 1 saturated carbocycles. The van der Waals surface area contributed by atoms with Gasteiger partial charge in [-0.25, -0.2) is 4.98 Å². The molecule has 0 radical (unpaired) electrons. The van der Waals surface area contributed by atoms with E-state index in [-0.39, 0.29) is 24.1 Å². The molecule has 0 saturated heterocycles. The fourth-order valence-corrected chi connectivity index (χ4v) is 4.26. The van der Waals surface area contributed by atoms with Gasteiger partial charge in [0, 0.05) is 17.6 Å². The van der Waals surface area contributed by atoms with Crippen molar-refractivity contribution in [1.29, 1.82) is 0 Å². The summed E-state index contributed by atoms with van der Waals surface area (Å²) in [6.07, 6.45) is 5.98. The number of nitrogens with zero attached hydrogens (tertiary/aromatic N) is 4. The first kappa shape index (κ1) is 19.4. The molecular weight excluding hydrogens is 366 g/mol. The topological polar surface area (TPSA) is 97.3 Å². The number of rotatable bonds is 4. The molecule has 7 heteroatoms. The monoisotopic (exact) mass is 393 g/mol. The number of hydrogen-bond acceptors (Lipinski definition) is 5. The number of aryl methyl sites for hydroxylation is 1. The van der Waals surface area contributed by atoms with E-state index in [4.69, 9.17) is 5.84 Å². The summed E-state index contributed by atoms with van der Waals surface area (Å²) in [6, 6.07) is 9.91. The van der Waals surface area contributed by atoms with Crippen LogP contribution >= 0.6 is 0 Å². The lowest BCUT2D eigenvalue weighted by atomic mass is 9.89. The summed E-state index contributed by atoms with van der Waals surface area (Å²) in [5, 5.41) is 15.0. The maximum Gasteiger partial charge on any atom is 0.256 e. The maximum atomic E-state index is 13.6. The Labute approximate surface area is 170 Å². The van der Waals surface area contributed by atoms with Gasteiger partial charge in [0.05, 0.1) is 23.9 Å². The lowest BCUT2D eigenvalue weighted by Crippen LogP contribution is -2.45. The van der Waals surface area contributed by atoms with Gasteiger partial charge < -0.3 is 15.8 Å². The van der Waals surface area contributed by atoms with Gasteiger partial charge in [-0.1, -0.05) is 29.8 Å². The Kier molecular flexibility index (Phi) is 5.24. The van der Waals surface area contributed by atoms with E-state index in [1.807, 2.05) is 18.7 Å².